The highest BCUT2D eigenvalue weighted by atomic mass is 32.2. The van der Waals surface area contributed by atoms with Gasteiger partial charge in [-0.3, -0.25) is 14.6 Å². The second kappa shape index (κ2) is 14.4. The molecule has 0 spiro atoms. The first-order valence-electron chi connectivity index (χ1n) is 13.5. The summed E-state index contributed by atoms with van der Waals surface area (Å²) in [5.74, 6) is -4.62. The third-order valence-corrected chi connectivity index (χ3v) is 8.07. The number of nitrogens with zero attached hydrogens (tertiary/aromatic N) is 1. The summed E-state index contributed by atoms with van der Waals surface area (Å²) in [5, 5.41) is 7.48. The van der Waals surface area contributed by atoms with E-state index in [1.807, 2.05) is 0 Å². The van der Waals surface area contributed by atoms with Gasteiger partial charge in [-0.2, -0.15) is 13.2 Å². The van der Waals surface area contributed by atoms with E-state index >= 15 is 0 Å². The zero-order valence-corrected chi connectivity index (χ0v) is 25.3. The second-order valence-corrected chi connectivity index (χ2v) is 11.7. The number of rotatable bonds is 13. The lowest BCUT2D eigenvalue weighted by molar-refractivity contribution is -0.213. The van der Waals surface area contributed by atoms with Crippen molar-refractivity contribution in [3.63, 3.8) is 0 Å². The summed E-state index contributed by atoms with van der Waals surface area (Å²) < 4.78 is 77.0. The van der Waals surface area contributed by atoms with Crippen molar-refractivity contribution in [1.29, 1.82) is 0 Å². The van der Waals surface area contributed by atoms with E-state index in [9.17, 15) is 36.0 Å². The predicted molar refractivity (Wildman–Crippen MR) is 158 cm³/mol. The molecule has 45 heavy (non-hydrogen) atoms. The summed E-state index contributed by atoms with van der Waals surface area (Å²) in [4.78, 5) is 41.9. The SMILES string of the molecule is CCOc1cccc(C(Nc2ccc(CN)nc2)(OC(=O)C(F)(F)F)C(=O)NCc2cc(NC(C)=O)ccc2S(=O)(=O)CC)c1. The summed E-state index contributed by atoms with van der Waals surface area (Å²) >= 11 is 0. The fourth-order valence-corrected chi connectivity index (χ4v) is 5.26. The molecule has 0 fully saturated rings. The number of nitrogens with one attached hydrogen (secondary N) is 3. The molecule has 5 N–H and O–H groups in total. The van der Waals surface area contributed by atoms with Crippen LogP contribution in [-0.2, 0) is 47.8 Å². The topological polar surface area (TPSA) is 179 Å². The minimum atomic E-state index is -5.51. The van der Waals surface area contributed by atoms with Crippen molar-refractivity contribution in [2.75, 3.05) is 23.0 Å². The molecule has 12 nitrogen and oxygen atoms in total. The largest absolute Gasteiger partial charge is 0.494 e. The molecule has 0 saturated heterocycles. The molecular formula is C29H32F3N5O7S. The van der Waals surface area contributed by atoms with Crippen LogP contribution in [0.1, 0.15) is 37.6 Å². The van der Waals surface area contributed by atoms with Crippen molar-refractivity contribution in [1.82, 2.24) is 10.3 Å². The maximum Gasteiger partial charge on any atom is 0.491 e. The molecule has 242 valence electrons. The van der Waals surface area contributed by atoms with Gasteiger partial charge in [-0.15, -0.1) is 0 Å². The number of halogens is 3. The molecule has 0 saturated carbocycles. The molecule has 0 aliphatic heterocycles. The average Bonchev–Trinajstić information content (AvgIpc) is 2.99. The molecule has 2 amide bonds. The fraction of sp³-hybridized carbons (Fsp3) is 0.310. The van der Waals surface area contributed by atoms with Crippen LogP contribution in [0.2, 0.25) is 0 Å². The van der Waals surface area contributed by atoms with E-state index in [0.717, 1.165) is 0 Å². The van der Waals surface area contributed by atoms with Crippen molar-refractivity contribution in [3.8, 4) is 5.75 Å². The van der Waals surface area contributed by atoms with Gasteiger partial charge in [0.05, 0.1) is 34.8 Å². The highest BCUT2D eigenvalue weighted by Crippen LogP contribution is 2.34. The van der Waals surface area contributed by atoms with Gasteiger partial charge in [-0.25, -0.2) is 13.2 Å². The number of sulfone groups is 1. The lowest BCUT2D eigenvalue weighted by atomic mass is 10.00. The van der Waals surface area contributed by atoms with E-state index in [-0.39, 0.29) is 52.1 Å². The summed E-state index contributed by atoms with van der Waals surface area (Å²) in [5.41, 5.74) is 3.04. The number of esters is 1. The number of aromatic nitrogens is 1. The molecule has 0 aliphatic rings. The van der Waals surface area contributed by atoms with Crippen molar-refractivity contribution < 1.29 is 45.4 Å². The van der Waals surface area contributed by atoms with Crippen molar-refractivity contribution >= 4 is 39.0 Å². The maximum absolute atomic E-state index is 14.1. The molecular weight excluding hydrogens is 619 g/mol. The van der Waals surface area contributed by atoms with Gasteiger partial charge in [0.15, 0.2) is 9.84 Å². The summed E-state index contributed by atoms with van der Waals surface area (Å²) in [6, 6.07) is 12.0. The fourth-order valence-electron chi connectivity index (χ4n) is 4.14. The van der Waals surface area contributed by atoms with Gasteiger partial charge < -0.3 is 31.2 Å². The number of alkyl halides is 3. The first-order chi connectivity index (χ1) is 21.1. The minimum absolute atomic E-state index is 0.00419. The van der Waals surface area contributed by atoms with E-state index < -0.39 is 46.1 Å². The van der Waals surface area contributed by atoms with Gasteiger partial charge in [0.2, 0.25) is 5.91 Å². The number of hydrogen-bond acceptors (Lipinski definition) is 10. The quantitative estimate of drug-likeness (QED) is 0.158. The average molecular weight is 652 g/mol. The molecule has 0 aliphatic carbocycles. The lowest BCUT2D eigenvalue weighted by Crippen LogP contribution is -2.54. The normalized spacial score (nSPS) is 12.9. The summed E-state index contributed by atoms with van der Waals surface area (Å²) in [7, 11) is -3.86. The molecule has 1 aromatic heterocycles. The van der Waals surface area contributed by atoms with Crippen LogP contribution in [0.4, 0.5) is 24.5 Å². The standard InChI is InChI=1S/C29H32F3N5O7S/c1-4-43-24-8-6-7-20(14-24)28(44-27(40)29(30,31)32,37-23-10-9-22(15-33)34-17-23)26(39)35-16-19-13-21(36-18(3)38)11-12-25(19)45(41,42)5-2/h6-14,17,37H,4-5,15-16,33H2,1-3H3,(H,35,39)(H,36,38). The Morgan fingerprint density at radius 2 is 1.71 bits per heavy atom. The molecule has 1 heterocycles. The summed E-state index contributed by atoms with van der Waals surface area (Å²) in [6.45, 7) is 3.95. The third kappa shape index (κ3) is 8.69. The van der Waals surface area contributed by atoms with Gasteiger partial charge >= 0.3 is 12.1 Å². The lowest BCUT2D eigenvalue weighted by Gasteiger charge is -2.34. The highest BCUT2D eigenvalue weighted by Gasteiger charge is 2.52. The second-order valence-electron chi connectivity index (χ2n) is 9.49. The van der Waals surface area contributed by atoms with Crippen LogP contribution in [-0.4, -0.2) is 49.7 Å². The number of nitrogens with two attached hydrogens (primary N) is 1. The predicted octanol–water partition coefficient (Wildman–Crippen LogP) is 3.38. The minimum Gasteiger partial charge on any atom is -0.494 e. The monoisotopic (exact) mass is 651 g/mol. The maximum atomic E-state index is 14.1. The van der Waals surface area contributed by atoms with Crippen LogP contribution in [0.3, 0.4) is 0 Å². The van der Waals surface area contributed by atoms with Gasteiger partial charge in [0, 0.05) is 31.3 Å². The van der Waals surface area contributed by atoms with Crippen LogP contribution in [0.5, 0.6) is 5.75 Å². The first-order valence-corrected chi connectivity index (χ1v) is 15.2. The Labute approximate surface area is 257 Å². The third-order valence-electron chi connectivity index (χ3n) is 6.24. The number of ether oxygens (including phenoxy) is 2. The van der Waals surface area contributed by atoms with E-state index in [0.29, 0.717) is 5.69 Å². The molecule has 0 bridgehead atoms. The number of benzene rings is 2. The molecule has 3 rings (SSSR count). The van der Waals surface area contributed by atoms with E-state index in [2.05, 4.69) is 20.9 Å². The van der Waals surface area contributed by atoms with Crippen LogP contribution in [0.15, 0.2) is 65.7 Å². The molecule has 2 aromatic carbocycles. The van der Waals surface area contributed by atoms with Crippen molar-refractivity contribution in [2.24, 2.45) is 5.73 Å². The highest BCUT2D eigenvalue weighted by molar-refractivity contribution is 7.91. The molecule has 1 atom stereocenters. The number of amides is 2. The van der Waals surface area contributed by atoms with E-state index in [1.54, 1.807) is 6.92 Å². The van der Waals surface area contributed by atoms with E-state index in [1.165, 1.54) is 74.6 Å². The number of pyridine rings is 1. The van der Waals surface area contributed by atoms with Gasteiger partial charge in [-0.1, -0.05) is 19.1 Å². The van der Waals surface area contributed by atoms with Gasteiger partial charge in [0.1, 0.15) is 5.75 Å². The van der Waals surface area contributed by atoms with E-state index in [4.69, 9.17) is 15.2 Å². The Morgan fingerprint density at radius 3 is 2.29 bits per heavy atom. The first kappa shape index (κ1) is 34.8. The van der Waals surface area contributed by atoms with Crippen molar-refractivity contribution in [3.05, 3.63) is 77.6 Å². The zero-order chi connectivity index (χ0) is 33.4. The van der Waals surface area contributed by atoms with Crippen LogP contribution >= 0.6 is 0 Å². The number of carbonyl (C=O) groups excluding carboxylic acids is 3. The van der Waals surface area contributed by atoms with Crippen LogP contribution in [0.25, 0.3) is 0 Å². The summed E-state index contributed by atoms with van der Waals surface area (Å²) in [6.07, 6.45) is -4.33. The Kier molecular flexibility index (Phi) is 11.1. The molecule has 3 aromatic rings. The van der Waals surface area contributed by atoms with Crippen LogP contribution in [0, 0.1) is 0 Å². The number of carbonyl (C=O) groups is 3. The Morgan fingerprint density at radius 1 is 1.00 bits per heavy atom. The molecule has 0 radical (unpaired) electrons. The Balaban J connectivity index is 2.19. The number of anilines is 2. The molecule has 16 heteroatoms. The Bertz CT molecular complexity index is 1650. The van der Waals surface area contributed by atoms with Crippen molar-refractivity contribution in [2.45, 2.75) is 50.7 Å². The Hall–Kier alpha value is -4.70. The molecule has 1 unspecified atom stereocenters. The van der Waals surface area contributed by atoms with Gasteiger partial charge in [0.25, 0.3) is 11.6 Å². The number of hydrogen-bond donors (Lipinski definition) is 4. The van der Waals surface area contributed by atoms with Gasteiger partial charge in [-0.05, 0) is 55.0 Å². The smallest absolute Gasteiger partial charge is 0.491 e. The van der Waals surface area contributed by atoms with Crippen LogP contribution < -0.4 is 26.4 Å². The zero-order valence-electron chi connectivity index (χ0n) is 24.5.